The molecule has 92 valence electrons. The summed E-state index contributed by atoms with van der Waals surface area (Å²) in [7, 11) is 0. The number of thiocarbonyl (C=S) groups is 1. The maximum atomic E-state index is 11.9. The van der Waals surface area contributed by atoms with Crippen molar-refractivity contribution in [3.05, 3.63) is 34.9 Å². The van der Waals surface area contributed by atoms with Crippen molar-refractivity contribution in [1.82, 2.24) is 5.32 Å². The van der Waals surface area contributed by atoms with Crippen LogP contribution < -0.4 is 11.1 Å². The summed E-state index contributed by atoms with van der Waals surface area (Å²) >= 11 is 10.7. The third-order valence-electron chi connectivity index (χ3n) is 2.35. The summed E-state index contributed by atoms with van der Waals surface area (Å²) in [6.07, 6.45) is 0. The molecule has 0 aromatic heterocycles. The summed E-state index contributed by atoms with van der Waals surface area (Å²) in [4.78, 5) is 12.2. The summed E-state index contributed by atoms with van der Waals surface area (Å²) in [5, 5.41) is 3.32. The molecule has 1 aromatic carbocycles. The van der Waals surface area contributed by atoms with Crippen LogP contribution in [0, 0.1) is 5.92 Å². The molecule has 0 saturated heterocycles. The summed E-state index contributed by atoms with van der Waals surface area (Å²) in [6.45, 7) is 3.89. The van der Waals surface area contributed by atoms with Gasteiger partial charge in [-0.25, -0.2) is 0 Å². The molecular weight excluding hydrogens is 256 g/mol. The Morgan fingerprint density at radius 2 is 2.12 bits per heavy atom. The van der Waals surface area contributed by atoms with E-state index < -0.39 is 0 Å². The lowest BCUT2D eigenvalue weighted by atomic mass is 10.0. The van der Waals surface area contributed by atoms with Crippen molar-refractivity contribution in [2.24, 2.45) is 11.7 Å². The van der Waals surface area contributed by atoms with Crippen LogP contribution in [0.4, 0.5) is 0 Å². The zero-order valence-electron chi connectivity index (χ0n) is 9.74. The van der Waals surface area contributed by atoms with Crippen LogP contribution >= 0.6 is 23.8 Å². The molecule has 1 atom stereocenters. The van der Waals surface area contributed by atoms with Gasteiger partial charge in [0.15, 0.2) is 0 Å². The monoisotopic (exact) mass is 270 g/mol. The van der Waals surface area contributed by atoms with Crippen molar-refractivity contribution < 1.29 is 4.79 Å². The molecule has 0 aliphatic rings. The molecule has 3 N–H and O–H groups in total. The fraction of sp³-hybridized carbons (Fsp3) is 0.333. The number of hydrogen-bond donors (Lipinski definition) is 2. The maximum absolute atomic E-state index is 11.9. The van der Waals surface area contributed by atoms with Crippen LogP contribution in [0.2, 0.25) is 5.02 Å². The van der Waals surface area contributed by atoms with Crippen LogP contribution in [0.3, 0.4) is 0 Å². The number of nitrogens with one attached hydrogen (secondary N) is 1. The molecule has 1 unspecified atom stereocenters. The van der Waals surface area contributed by atoms with E-state index in [1.54, 1.807) is 24.3 Å². The smallest absolute Gasteiger partial charge is 0.251 e. The second-order valence-electron chi connectivity index (χ2n) is 4.11. The van der Waals surface area contributed by atoms with Gasteiger partial charge in [0.2, 0.25) is 0 Å². The van der Waals surface area contributed by atoms with Gasteiger partial charge in [-0.15, -0.1) is 0 Å². The first kappa shape index (κ1) is 13.9. The third kappa shape index (κ3) is 3.98. The lowest BCUT2D eigenvalue weighted by molar-refractivity contribution is 0.0940. The van der Waals surface area contributed by atoms with E-state index in [0.717, 1.165) is 0 Å². The Labute approximate surface area is 111 Å². The zero-order chi connectivity index (χ0) is 13.0. The maximum Gasteiger partial charge on any atom is 0.251 e. The lowest BCUT2D eigenvalue weighted by Crippen LogP contribution is -2.46. The van der Waals surface area contributed by atoms with Crippen LogP contribution in [0.1, 0.15) is 24.2 Å². The minimum atomic E-state index is -0.309. The molecule has 0 radical (unpaired) electrons. The van der Waals surface area contributed by atoms with Crippen LogP contribution in [0.25, 0.3) is 0 Å². The molecule has 1 rings (SSSR count). The normalized spacial score (nSPS) is 12.2. The minimum Gasteiger partial charge on any atom is -0.392 e. The van der Waals surface area contributed by atoms with Gasteiger partial charge in [-0.2, -0.15) is 0 Å². The van der Waals surface area contributed by atoms with Crippen LogP contribution in [-0.2, 0) is 0 Å². The Morgan fingerprint density at radius 1 is 1.47 bits per heavy atom. The molecule has 17 heavy (non-hydrogen) atoms. The van der Waals surface area contributed by atoms with Crippen molar-refractivity contribution in [2.75, 3.05) is 0 Å². The molecule has 0 spiro atoms. The van der Waals surface area contributed by atoms with E-state index in [-0.39, 0.29) is 22.9 Å². The average Bonchev–Trinajstić information content (AvgIpc) is 2.24. The molecule has 0 bridgehead atoms. The highest BCUT2D eigenvalue weighted by atomic mass is 35.5. The third-order valence-corrected chi connectivity index (χ3v) is 2.84. The van der Waals surface area contributed by atoms with Crippen LogP contribution in [0.5, 0.6) is 0 Å². The first-order chi connectivity index (χ1) is 7.91. The first-order valence-corrected chi connectivity index (χ1v) is 6.06. The fourth-order valence-electron chi connectivity index (χ4n) is 1.42. The van der Waals surface area contributed by atoms with Crippen molar-refractivity contribution in [3.8, 4) is 0 Å². The predicted octanol–water partition coefficient (Wildman–Crippen LogP) is 2.38. The van der Waals surface area contributed by atoms with Gasteiger partial charge in [-0.1, -0.05) is 43.7 Å². The Morgan fingerprint density at radius 3 is 2.59 bits per heavy atom. The summed E-state index contributed by atoms with van der Waals surface area (Å²) in [5.41, 5.74) is 6.08. The molecule has 0 aliphatic heterocycles. The quantitative estimate of drug-likeness (QED) is 0.826. The van der Waals surface area contributed by atoms with E-state index in [4.69, 9.17) is 29.6 Å². The van der Waals surface area contributed by atoms with E-state index in [9.17, 15) is 4.79 Å². The minimum absolute atomic E-state index is 0.149. The molecule has 1 amide bonds. The number of carbonyl (C=O) groups is 1. The standard InChI is InChI=1S/C12H15ClN2OS/c1-7(2)10(11(14)17)15-12(16)8-4-3-5-9(13)6-8/h3-7,10H,1-2H3,(H2,14,17)(H,15,16). The molecular formula is C12H15ClN2OS. The molecule has 1 aromatic rings. The Hall–Kier alpha value is -1.13. The van der Waals surface area contributed by atoms with Gasteiger partial charge in [0, 0.05) is 10.6 Å². The van der Waals surface area contributed by atoms with Gasteiger partial charge < -0.3 is 11.1 Å². The van der Waals surface area contributed by atoms with Crippen molar-refractivity contribution in [3.63, 3.8) is 0 Å². The average molecular weight is 271 g/mol. The SMILES string of the molecule is CC(C)C(NC(=O)c1cccc(Cl)c1)C(N)=S. The van der Waals surface area contributed by atoms with E-state index in [1.807, 2.05) is 13.8 Å². The number of benzene rings is 1. The molecule has 0 fully saturated rings. The van der Waals surface area contributed by atoms with Crippen molar-refractivity contribution in [1.29, 1.82) is 0 Å². The predicted molar refractivity (Wildman–Crippen MR) is 74.3 cm³/mol. The number of nitrogens with two attached hydrogens (primary N) is 1. The highest BCUT2D eigenvalue weighted by Gasteiger charge is 2.19. The zero-order valence-corrected chi connectivity index (χ0v) is 11.3. The number of hydrogen-bond acceptors (Lipinski definition) is 2. The van der Waals surface area contributed by atoms with Gasteiger partial charge >= 0.3 is 0 Å². The van der Waals surface area contributed by atoms with Gasteiger partial charge in [-0.05, 0) is 24.1 Å². The second kappa shape index (κ2) is 5.98. The summed E-state index contributed by atoms with van der Waals surface area (Å²) in [5.74, 6) is -0.0744. The fourth-order valence-corrected chi connectivity index (χ4v) is 1.94. The lowest BCUT2D eigenvalue weighted by Gasteiger charge is -2.21. The van der Waals surface area contributed by atoms with E-state index in [2.05, 4.69) is 5.32 Å². The topological polar surface area (TPSA) is 55.1 Å². The number of carbonyl (C=O) groups excluding carboxylic acids is 1. The summed E-state index contributed by atoms with van der Waals surface area (Å²) < 4.78 is 0. The van der Waals surface area contributed by atoms with Crippen LogP contribution in [0.15, 0.2) is 24.3 Å². The van der Waals surface area contributed by atoms with Gasteiger partial charge in [0.05, 0.1) is 11.0 Å². The second-order valence-corrected chi connectivity index (χ2v) is 5.02. The molecule has 0 heterocycles. The van der Waals surface area contributed by atoms with Gasteiger partial charge in [0.25, 0.3) is 5.91 Å². The Balaban J connectivity index is 2.81. The largest absolute Gasteiger partial charge is 0.392 e. The number of halogens is 1. The van der Waals surface area contributed by atoms with E-state index in [1.165, 1.54) is 0 Å². The number of rotatable bonds is 4. The van der Waals surface area contributed by atoms with Crippen molar-refractivity contribution >= 4 is 34.7 Å². The Bertz CT molecular complexity index is 434. The first-order valence-electron chi connectivity index (χ1n) is 5.27. The highest BCUT2D eigenvalue weighted by molar-refractivity contribution is 7.80. The van der Waals surface area contributed by atoms with Crippen LogP contribution in [-0.4, -0.2) is 16.9 Å². The molecule has 0 saturated carbocycles. The van der Waals surface area contributed by atoms with Gasteiger partial charge in [0.1, 0.15) is 0 Å². The number of amides is 1. The Kier molecular flexibility index (Phi) is 4.90. The molecule has 5 heteroatoms. The molecule has 0 aliphatic carbocycles. The van der Waals surface area contributed by atoms with E-state index >= 15 is 0 Å². The molecule has 3 nitrogen and oxygen atoms in total. The summed E-state index contributed by atoms with van der Waals surface area (Å²) in [6, 6.07) is 6.43. The van der Waals surface area contributed by atoms with E-state index in [0.29, 0.717) is 10.6 Å². The highest BCUT2D eigenvalue weighted by Crippen LogP contribution is 2.11. The van der Waals surface area contributed by atoms with Crippen molar-refractivity contribution in [2.45, 2.75) is 19.9 Å². The van der Waals surface area contributed by atoms with Gasteiger partial charge in [-0.3, -0.25) is 4.79 Å².